The zero-order valence-corrected chi connectivity index (χ0v) is 16.6. The Kier molecular flexibility index (Phi) is 5.44. The van der Waals surface area contributed by atoms with Crippen LogP contribution >= 0.6 is 22.9 Å². The molecule has 1 saturated heterocycles. The molecule has 1 aliphatic carbocycles. The summed E-state index contributed by atoms with van der Waals surface area (Å²) in [4.78, 5) is 38.5. The van der Waals surface area contributed by atoms with Crippen LogP contribution in [0.5, 0.6) is 0 Å². The van der Waals surface area contributed by atoms with Crippen molar-refractivity contribution in [2.75, 3.05) is 0 Å². The van der Waals surface area contributed by atoms with Gasteiger partial charge in [0.15, 0.2) is 6.04 Å². The summed E-state index contributed by atoms with van der Waals surface area (Å²) in [5, 5.41) is 12.3. The van der Waals surface area contributed by atoms with E-state index in [4.69, 9.17) is 11.6 Å². The minimum Gasteiger partial charge on any atom is -0.480 e. The maximum atomic E-state index is 12.6. The van der Waals surface area contributed by atoms with Crippen molar-refractivity contribution in [1.29, 1.82) is 0 Å². The number of carbonyl (C=O) groups excluding carboxylic acids is 2. The molecule has 0 spiro atoms. The summed E-state index contributed by atoms with van der Waals surface area (Å²) in [6.45, 7) is 3.86. The second kappa shape index (κ2) is 7.48. The first-order chi connectivity index (χ1) is 12.7. The quantitative estimate of drug-likeness (QED) is 0.730. The fourth-order valence-electron chi connectivity index (χ4n) is 3.42. The number of amides is 3. The van der Waals surface area contributed by atoms with Gasteiger partial charge in [-0.3, -0.25) is 4.79 Å². The fraction of sp³-hybridized carbons (Fsp3) is 0.421. The van der Waals surface area contributed by atoms with Crippen molar-refractivity contribution in [3.63, 3.8) is 0 Å². The molecule has 2 N–H and O–H groups in total. The smallest absolute Gasteiger partial charge is 0.327 e. The Morgan fingerprint density at radius 2 is 2.19 bits per heavy atom. The van der Waals surface area contributed by atoms with Crippen molar-refractivity contribution in [3.8, 4) is 0 Å². The average Bonchev–Trinajstić information content (AvgIpc) is 3.02. The van der Waals surface area contributed by atoms with E-state index in [1.54, 1.807) is 12.1 Å². The summed E-state index contributed by atoms with van der Waals surface area (Å²) in [5.74, 6) is -2.41. The lowest BCUT2D eigenvalue weighted by Crippen LogP contribution is -2.69. The van der Waals surface area contributed by atoms with Crippen molar-refractivity contribution in [1.82, 2.24) is 10.2 Å². The molecule has 3 rings (SSSR count). The number of β-lactam (4-membered cyclic amide) rings is 1. The van der Waals surface area contributed by atoms with Crippen LogP contribution in [0.25, 0.3) is 0 Å². The maximum absolute atomic E-state index is 12.6. The van der Waals surface area contributed by atoms with Crippen molar-refractivity contribution in [2.24, 2.45) is 11.3 Å². The lowest BCUT2D eigenvalue weighted by Gasteiger charge is -2.44. The van der Waals surface area contributed by atoms with Gasteiger partial charge in [0.1, 0.15) is 0 Å². The van der Waals surface area contributed by atoms with Gasteiger partial charge in [0.2, 0.25) is 5.91 Å². The van der Waals surface area contributed by atoms with Crippen molar-refractivity contribution in [3.05, 3.63) is 45.7 Å². The summed E-state index contributed by atoms with van der Waals surface area (Å²) in [6, 6.07) is 1.39. The highest BCUT2D eigenvalue weighted by atomic mass is 35.5. The highest BCUT2D eigenvalue weighted by molar-refractivity contribution is 7.16. The average molecular weight is 409 g/mol. The van der Waals surface area contributed by atoms with Crippen LogP contribution in [0.1, 0.15) is 25.1 Å². The number of carboxylic acids is 1. The Bertz CT molecular complexity index is 833. The van der Waals surface area contributed by atoms with Gasteiger partial charge < -0.3 is 10.4 Å². The minimum absolute atomic E-state index is 0.261. The third kappa shape index (κ3) is 3.80. The summed E-state index contributed by atoms with van der Waals surface area (Å²) >= 11 is 7.20. The number of urea groups is 1. The van der Waals surface area contributed by atoms with E-state index in [-0.39, 0.29) is 17.9 Å². The molecule has 1 unspecified atom stereocenters. The number of thiophene rings is 1. The van der Waals surface area contributed by atoms with Crippen molar-refractivity contribution < 1.29 is 19.5 Å². The van der Waals surface area contributed by atoms with E-state index in [1.165, 1.54) is 11.3 Å². The standard InChI is InChI=1S/C19H21ClN2O4S/c1-11(19(2)8-4-3-5-9-19)21-18(26)22-15(17(24)25)13(16(22)23)10-12-6-7-14(20)27-12/h3-8,11,13,15H,9-10H2,1-2H3,(H,21,26)(H,24,25)/t11-,13-,15+,19?/m1/s1. The fourth-order valence-corrected chi connectivity index (χ4v) is 4.57. The molecule has 6 nitrogen and oxygen atoms in total. The molecule has 1 aromatic heterocycles. The number of carbonyl (C=O) groups is 3. The molecule has 0 bridgehead atoms. The topological polar surface area (TPSA) is 86.7 Å². The van der Waals surface area contributed by atoms with Crippen LogP contribution in [-0.2, 0) is 16.0 Å². The molecule has 0 saturated carbocycles. The number of aliphatic carboxylic acids is 1. The van der Waals surface area contributed by atoms with Crippen LogP contribution in [0, 0.1) is 11.3 Å². The van der Waals surface area contributed by atoms with Crippen LogP contribution in [0.3, 0.4) is 0 Å². The Morgan fingerprint density at radius 1 is 1.44 bits per heavy atom. The molecular formula is C19H21ClN2O4S. The number of carboxylic acid groups (broad SMARTS) is 1. The number of allylic oxidation sites excluding steroid dienone is 3. The van der Waals surface area contributed by atoms with Crippen LogP contribution in [-0.4, -0.2) is 40.0 Å². The summed E-state index contributed by atoms with van der Waals surface area (Å²) in [7, 11) is 0. The monoisotopic (exact) mass is 408 g/mol. The molecule has 1 aliphatic heterocycles. The number of hydrogen-bond acceptors (Lipinski definition) is 4. The van der Waals surface area contributed by atoms with E-state index in [0.717, 1.165) is 16.2 Å². The van der Waals surface area contributed by atoms with Gasteiger partial charge in [0, 0.05) is 16.3 Å². The molecule has 144 valence electrons. The number of likely N-dealkylation sites (tertiary alicyclic amines) is 1. The van der Waals surface area contributed by atoms with E-state index < -0.39 is 29.9 Å². The Hall–Kier alpha value is -2.12. The number of nitrogens with zero attached hydrogens (tertiary/aromatic N) is 1. The SMILES string of the molecule is C[C@@H](NC(=O)N1C(=O)[C@H](Cc2ccc(Cl)s2)[C@H]1C(=O)O)C1(C)C=CC=CC1. The molecular weight excluding hydrogens is 388 g/mol. The molecule has 27 heavy (non-hydrogen) atoms. The highest BCUT2D eigenvalue weighted by Gasteiger charge is 2.55. The number of rotatable bonds is 5. The van der Waals surface area contributed by atoms with Gasteiger partial charge in [-0.15, -0.1) is 11.3 Å². The normalized spacial score (nSPS) is 28.0. The first-order valence-corrected chi connectivity index (χ1v) is 9.87. The minimum atomic E-state index is -1.18. The molecule has 0 aromatic carbocycles. The first kappa shape index (κ1) is 19.6. The van der Waals surface area contributed by atoms with Crippen LogP contribution in [0.4, 0.5) is 4.79 Å². The predicted molar refractivity (Wildman–Crippen MR) is 104 cm³/mol. The molecule has 3 amide bonds. The number of nitrogens with one attached hydrogen (secondary N) is 1. The van der Waals surface area contributed by atoms with Gasteiger partial charge in [0.05, 0.1) is 10.3 Å². The summed E-state index contributed by atoms with van der Waals surface area (Å²) in [6.07, 6.45) is 8.90. The van der Waals surface area contributed by atoms with Crippen molar-refractivity contribution in [2.45, 2.75) is 38.8 Å². The van der Waals surface area contributed by atoms with Gasteiger partial charge in [-0.2, -0.15) is 0 Å². The molecule has 8 heteroatoms. The molecule has 2 aliphatic rings. The van der Waals surface area contributed by atoms with Crippen molar-refractivity contribution >= 4 is 40.8 Å². The Labute approximate surface area is 166 Å². The molecule has 1 aromatic rings. The molecule has 2 heterocycles. The maximum Gasteiger partial charge on any atom is 0.327 e. The van der Waals surface area contributed by atoms with Crippen LogP contribution in [0.2, 0.25) is 4.34 Å². The third-order valence-electron chi connectivity index (χ3n) is 5.35. The zero-order valence-electron chi connectivity index (χ0n) is 15.0. The molecule has 1 fully saturated rings. The van der Waals surface area contributed by atoms with E-state index in [0.29, 0.717) is 4.34 Å². The Balaban J connectivity index is 1.69. The molecule has 0 radical (unpaired) electrons. The first-order valence-electron chi connectivity index (χ1n) is 8.68. The number of halogens is 1. The van der Waals surface area contributed by atoms with E-state index >= 15 is 0 Å². The van der Waals surface area contributed by atoms with Gasteiger partial charge in [0.25, 0.3) is 0 Å². The summed E-state index contributed by atoms with van der Waals surface area (Å²) < 4.78 is 0.579. The summed E-state index contributed by atoms with van der Waals surface area (Å²) in [5.41, 5.74) is -0.288. The van der Waals surface area contributed by atoms with Crippen LogP contribution in [0.15, 0.2) is 36.4 Å². The van der Waals surface area contributed by atoms with Crippen LogP contribution < -0.4 is 5.32 Å². The highest BCUT2D eigenvalue weighted by Crippen LogP contribution is 2.35. The van der Waals surface area contributed by atoms with Gasteiger partial charge in [-0.25, -0.2) is 14.5 Å². The Morgan fingerprint density at radius 3 is 2.74 bits per heavy atom. The number of imide groups is 1. The zero-order chi connectivity index (χ0) is 19.8. The third-order valence-corrected chi connectivity index (χ3v) is 6.60. The predicted octanol–water partition coefficient (Wildman–Crippen LogP) is 3.48. The van der Waals surface area contributed by atoms with Gasteiger partial charge in [-0.05, 0) is 31.9 Å². The van der Waals surface area contributed by atoms with E-state index in [1.807, 2.05) is 38.2 Å². The van der Waals surface area contributed by atoms with Gasteiger partial charge in [-0.1, -0.05) is 42.8 Å². The lowest BCUT2D eigenvalue weighted by molar-refractivity contribution is -0.165. The second-order valence-electron chi connectivity index (χ2n) is 7.18. The van der Waals surface area contributed by atoms with Gasteiger partial charge >= 0.3 is 12.0 Å². The van der Waals surface area contributed by atoms with E-state index in [9.17, 15) is 19.5 Å². The largest absolute Gasteiger partial charge is 0.480 e. The van der Waals surface area contributed by atoms with E-state index in [2.05, 4.69) is 5.32 Å². The second-order valence-corrected chi connectivity index (χ2v) is 8.98. The lowest BCUT2D eigenvalue weighted by atomic mass is 9.77. The number of hydrogen-bond donors (Lipinski definition) is 2. The molecule has 4 atom stereocenters.